The Balaban J connectivity index is 1.67. The van der Waals surface area contributed by atoms with Crippen molar-refractivity contribution in [2.24, 2.45) is 5.10 Å². The fraction of sp³-hybridized carbons (Fsp3) is 0.500. The molecule has 0 aliphatic carbocycles. The molecule has 2 aromatic heterocycles. The Morgan fingerprint density at radius 2 is 1.86 bits per heavy atom. The summed E-state index contributed by atoms with van der Waals surface area (Å²) in [6.45, 7) is 10.9. The number of sulfonamides is 1. The average Bonchev–Trinajstić information content (AvgIpc) is 2.96. The van der Waals surface area contributed by atoms with Crippen LogP contribution in [0.4, 0.5) is 5.82 Å². The highest BCUT2D eigenvalue weighted by Gasteiger charge is 2.27. The van der Waals surface area contributed by atoms with Gasteiger partial charge in [0.1, 0.15) is 10.7 Å². The van der Waals surface area contributed by atoms with E-state index in [4.69, 9.17) is 0 Å². The number of aromatic nitrogens is 2. The number of hydrogen-bond acceptors (Lipinski definition) is 6. The third-order valence-electron chi connectivity index (χ3n) is 5.26. The maximum Gasteiger partial charge on any atom is 0.244 e. The van der Waals surface area contributed by atoms with Crippen LogP contribution < -0.4 is 5.43 Å². The van der Waals surface area contributed by atoms with E-state index < -0.39 is 10.0 Å². The number of pyridine rings is 1. The van der Waals surface area contributed by atoms with Crippen LogP contribution in [0, 0.1) is 13.8 Å². The Kier molecular flexibility index (Phi) is 6.40. The van der Waals surface area contributed by atoms with Crippen LogP contribution in [0.15, 0.2) is 34.4 Å². The summed E-state index contributed by atoms with van der Waals surface area (Å²) in [6, 6.07) is 5.70. The smallest absolute Gasteiger partial charge is 0.244 e. The third-order valence-corrected chi connectivity index (χ3v) is 7.14. The molecule has 1 fully saturated rings. The largest absolute Gasteiger partial charge is 0.346 e. The maximum absolute atomic E-state index is 12.7. The maximum atomic E-state index is 12.7. The van der Waals surface area contributed by atoms with Crippen molar-refractivity contribution < 1.29 is 8.42 Å². The molecule has 3 rings (SSSR count). The normalized spacial score (nSPS) is 16.8. The van der Waals surface area contributed by atoms with Crippen molar-refractivity contribution in [3.8, 4) is 0 Å². The highest BCUT2D eigenvalue weighted by Crippen LogP contribution is 2.20. The lowest BCUT2D eigenvalue weighted by molar-refractivity contribution is 0.222. The molecule has 0 aromatic carbocycles. The van der Waals surface area contributed by atoms with Crippen molar-refractivity contribution in [2.45, 2.75) is 38.6 Å². The minimum Gasteiger partial charge on any atom is -0.346 e. The van der Waals surface area contributed by atoms with Gasteiger partial charge in [0.05, 0.1) is 6.21 Å². The van der Waals surface area contributed by atoms with Gasteiger partial charge in [-0.1, -0.05) is 0 Å². The molecule has 3 heterocycles. The zero-order valence-electron chi connectivity index (χ0n) is 17.8. The van der Waals surface area contributed by atoms with Crippen molar-refractivity contribution in [3.63, 3.8) is 0 Å². The molecule has 0 bridgehead atoms. The highest BCUT2D eigenvalue weighted by molar-refractivity contribution is 7.89. The van der Waals surface area contributed by atoms with Crippen LogP contribution in [-0.4, -0.2) is 66.6 Å². The molecule has 0 saturated carbocycles. The summed E-state index contributed by atoms with van der Waals surface area (Å²) in [5.74, 6) is 0.497. The molecule has 0 unspecified atom stereocenters. The van der Waals surface area contributed by atoms with E-state index in [0.29, 0.717) is 24.9 Å². The third kappa shape index (κ3) is 4.68. The molecule has 0 amide bonds. The van der Waals surface area contributed by atoms with Gasteiger partial charge in [0.25, 0.3) is 0 Å². The van der Waals surface area contributed by atoms with E-state index in [0.717, 1.165) is 24.3 Å². The predicted octanol–water partition coefficient (Wildman–Crippen LogP) is 2.46. The molecular formula is C20H30N6O2S. The Morgan fingerprint density at radius 3 is 2.41 bits per heavy atom. The van der Waals surface area contributed by atoms with Gasteiger partial charge in [0.15, 0.2) is 0 Å². The first-order chi connectivity index (χ1) is 13.7. The number of nitrogens with one attached hydrogen (secondary N) is 1. The minimum absolute atomic E-state index is 0.206. The Labute approximate surface area is 173 Å². The van der Waals surface area contributed by atoms with E-state index >= 15 is 0 Å². The fourth-order valence-corrected chi connectivity index (χ4v) is 5.04. The molecule has 2 aromatic rings. The van der Waals surface area contributed by atoms with Crippen molar-refractivity contribution >= 4 is 22.1 Å². The first-order valence-electron chi connectivity index (χ1n) is 9.82. The number of hydrazone groups is 1. The molecule has 0 spiro atoms. The summed E-state index contributed by atoms with van der Waals surface area (Å²) in [5.41, 5.74) is 6.26. The Bertz CT molecular complexity index is 971. The van der Waals surface area contributed by atoms with E-state index in [1.54, 1.807) is 18.3 Å². The zero-order chi connectivity index (χ0) is 21.2. The van der Waals surface area contributed by atoms with Gasteiger partial charge in [0, 0.05) is 55.4 Å². The predicted molar refractivity (Wildman–Crippen MR) is 116 cm³/mol. The second-order valence-electron chi connectivity index (χ2n) is 7.75. The van der Waals surface area contributed by atoms with E-state index in [9.17, 15) is 8.42 Å². The second kappa shape index (κ2) is 8.64. The molecule has 8 nitrogen and oxygen atoms in total. The fourth-order valence-electron chi connectivity index (χ4n) is 3.67. The lowest BCUT2D eigenvalue weighted by Crippen LogP contribution is -2.47. The van der Waals surface area contributed by atoms with Crippen molar-refractivity contribution in [1.82, 2.24) is 18.8 Å². The van der Waals surface area contributed by atoms with Crippen LogP contribution in [0.2, 0.25) is 0 Å². The van der Waals surface area contributed by atoms with Gasteiger partial charge >= 0.3 is 0 Å². The van der Waals surface area contributed by atoms with Gasteiger partial charge in [-0.25, -0.2) is 13.4 Å². The average molecular weight is 419 g/mol. The first kappa shape index (κ1) is 21.5. The van der Waals surface area contributed by atoms with Gasteiger partial charge in [-0.3, -0.25) is 5.43 Å². The standard InChI is InChI=1S/C20H30N6O2S/c1-15(2)26-16(3)12-18(17(26)4)13-22-23-20-7-6-19(14-21-20)29(27,28)25-10-8-24(5)9-11-25/h6-7,12-15H,8-11H2,1-5H3,(H,21,23)/b22-13-. The van der Waals surface area contributed by atoms with E-state index in [1.165, 1.54) is 16.2 Å². The summed E-state index contributed by atoms with van der Waals surface area (Å²) >= 11 is 0. The lowest BCUT2D eigenvalue weighted by Gasteiger charge is -2.31. The van der Waals surface area contributed by atoms with Crippen LogP contribution in [0.5, 0.6) is 0 Å². The van der Waals surface area contributed by atoms with E-state index in [-0.39, 0.29) is 4.90 Å². The van der Waals surface area contributed by atoms with Gasteiger partial charge in [-0.05, 0) is 52.9 Å². The molecule has 1 N–H and O–H groups in total. The highest BCUT2D eigenvalue weighted by atomic mass is 32.2. The van der Waals surface area contributed by atoms with Gasteiger partial charge < -0.3 is 9.47 Å². The van der Waals surface area contributed by atoms with Crippen LogP contribution in [0.1, 0.15) is 36.8 Å². The molecule has 1 aliphatic rings. The number of rotatable bonds is 6. The molecule has 9 heteroatoms. The molecule has 1 saturated heterocycles. The summed E-state index contributed by atoms with van der Waals surface area (Å²) in [4.78, 5) is 6.54. The minimum atomic E-state index is -3.51. The molecule has 1 aliphatic heterocycles. The lowest BCUT2D eigenvalue weighted by atomic mass is 10.2. The van der Waals surface area contributed by atoms with E-state index in [1.807, 2.05) is 7.05 Å². The van der Waals surface area contributed by atoms with Crippen LogP contribution in [0.3, 0.4) is 0 Å². The Hall–Kier alpha value is -2.23. The number of aryl methyl sites for hydroxylation is 1. The van der Waals surface area contributed by atoms with Crippen molar-refractivity contribution in [3.05, 3.63) is 41.3 Å². The van der Waals surface area contributed by atoms with Crippen LogP contribution in [0.25, 0.3) is 0 Å². The Morgan fingerprint density at radius 1 is 1.17 bits per heavy atom. The quantitative estimate of drug-likeness (QED) is 0.576. The number of hydrogen-bond donors (Lipinski definition) is 1. The molecule has 29 heavy (non-hydrogen) atoms. The number of nitrogens with zero attached hydrogens (tertiary/aromatic N) is 5. The second-order valence-corrected chi connectivity index (χ2v) is 9.68. The van der Waals surface area contributed by atoms with Crippen molar-refractivity contribution in [1.29, 1.82) is 0 Å². The van der Waals surface area contributed by atoms with Crippen LogP contribution in [-0.2, 0) is 10.0 Å². The molecule has 0 radical (unpaired) electrons. The molecule has 0 atom stereocenters. The summed E-state index contributed by atoms with van der Waals surface area (Å²) in [7, 11) is -1.51. The SMILES string of the molecule is Cc1cc(/C=N\Nc2ccc(S(=O)(=O)N3CCN(C)CC3)cn2)c(C)n1C(C)C. The number of piperazine rings is 1. The van der Waals surface area contributed by atoms with Gasteiger partial charge in [-0.15, -0.1) is 0 Å². The van der Waals surface area contributed by atoms with Crippen LogP contribution >= 0.6 is 0 Å². The van der Waals surface area contributed by atoms with Crippen molar-refractivity contribution in [2.75, 3.05) is 38.7 Å². The summed E-state index contributed by atoms with van der Waals surface area (Å²) in [5, 5.41) is 4.26. The monoisotopic (exact) mass is 418 g/mol. The van der Waals surface area contributed by atoms with E-state index in [2.05, 4.69) is 58.7 Å². The molecule has 158 valence electrons. The van der Waals surface area contributed by atoms with Gasteiger partial charge in [0.2, 0.25) is 10.0 Å². The number of likely N-dealkylation sites (N-methyl/N-ethyl adjacent to an activating group) is 1. The summed E-state index contributed by atoms with van der Waals surface area (Å²) in [6.07, 6.45) is 3.15. The van der Waals surface area contributed by atoms with Gasteiger partial charge in [-0.2, -0.15) is 9.41 Å². The summed E-state index contributed by atoms with van der Waals surface area (Å²) < 4.78 is 29.3. The first-order valence-corrected chi connectivity index (χ1v) is 11.3. The topological polar surface area (TPSA) is 82.8 Å². The molecular weight excluding hydrogens is 388 g/mol. The number of anilines is 1. The zero-order valence-corrected chi connectivity index (χ0v) is 18.6.